The molecule has 0 aliphatic heterocycles. The molecular formula is C16H23N3O3. The molecular weight excluding hydrogens is 282 g/mol. The van der Waals surface area contributed by atoms with Gasteiger partial charge in [-0.15, -0.1) is 0 Å². The summed E-state index contributed by atoms with van der Waals surface area (Å²) in [6.07, 6.45) is 7.95. The van der Waals surface area contributed by atoms with E-state index in [0.717, 1.165) is 63.7 Å². The Morgan fingerprint density at radius 3 is 2.59 bits per heavy atom. The van der Waals surface area contributed by atoms with Gasteiger partial charge in [-0.1, -0.05) is 18.0 Å². The second-order valence-electron chi connectivity index (χ2n) is 7.11. The van der Waals surface area contributed by atoms with Crippen molar-refractivity contribution in [2.45, 2.75) is 75.3 Å². The fourth-order valence-corrected chi connectivity index (χ4v) is 3.88. The van der Waals surface area contributed by atoms with Crippen molar-refractivity contribution in [3.8, 4) is 0 Å². The van der Waals surface area contributed by atoms with Crippen molar-refractivity contribution in [2.24, 2.45) is 5.92 Å². The van der Waals surface area contributed by atoms with Gasteiger partial charge in [0.15, 0.2) is 5.82 Å². The first-order valence-corrected chi connectivity index (χ1v) is 8.52. The van der Waals surface area contributed by atoms with E-state index >= 15 is 0 Å². The monoisotopic (exact) mass is 305 g/mol. The fourth-order valence-electron chi connectivity index (χ4n) is 3.88. The van der Waals surface area contributed by atoms with Crippen LogP contribution in [0, 0.1) is 5.92 Å². The van der Waals surface area contributed by atoms with Crippen molar-refractivity contribution in [2.75, 3.05) is 0 Å². The molecule has 6 heteroatoms. The highest BCUT2D eigenvalue weighted by Gasteiger charge is 2.44. The summed E-state index contributed by atoms with van der Waals surface area (Å²) in [5.74, 6) is 1.44. The van der Waals surface area contributed by atoms with E-state index in [-0.39, 0.29) is 11.8 Å². The average Bonchev–Trinajstić information content (AvgIpc) is 2.94. The van der Waals surface area contributed by atoms with Crippen LogP contribution in [0.15, 0.2) is 4.52 Å². The van der Waals surface area contributed by atoms with Gasteiger partial charge in [-0.3, -0.25) is 4.79 Å². The molecule has 0 bridgehead atoms. The Bertz CT molecular complexity index is 561. The molecule has 2 unspecified atom stereocenters. The molecule has 1 aromatic heterocycles. The number of amides is 1. The molecule has 22 heavy (non-hydrogen) atoms. The van der Waals surface area contributed by atoms with E-state index in [1.807, 2.05) is 0 Å². The molecule has 2 atom stereocenters. The lowest BCUT2D eigenvalue weighted by molar-refractivity contribution is -0.129. The predicted molar refractivity (Wildman–Crippen MR) is 77.9 cm³/mol. The molecule has 120 valence electrons. The number of aliphatic hydroxyl groups excluding tert-OH is 1. The summed E-state index contributed by atoms with van der Waals surface area (Å²) in [5.41, 5.74) is -0.490. The molecule has 3 aliphatic carbocycles. The summed E-state index contributed by atoms with van der Waals surface area (Å²) in [6.45, 7) is 0. The Kier molecular flexibility index (Phi) is 3.44. The molecule has 6 nitrogen and oxygen atoms in total. The van der Waals surface area contributed by atoms with Crippen molar-refractivity contribution < 1.29 is 14.4 Å². The largest absolute Gasteiger partial charge is 0.392 e. The van der Waals surface area contributed by atoms with E-state index in [4.69, 9.17) is 4.52 Å². The zero-order chi connectivity index (χ0) is 15.2. The Balaban J connectivity index is 1.54. The predicted octanol–water partition coefficient (Wildman–Crippen LogP) is 1.99. The molecule has 3 saturated carbocycles. The fraction of sp³-hybridized carbons (Fsp3) is 0.812. The first-order valence-electron chi connectivity index (χ1n) is 8.52. The zero-order valence-corrected chi connectivity index (χ0v) is 12.8. The van der Waals surface area contributed by atoms with Gasteiger partial charge in [0.1, 0.15) is 5.54 Å². The molecule has 0 aromatic carbocycles. The van der Waals surface area contributed by atoms with Gasteiger partial charge in [-0.05, 0) is 44.9 Å². The molecule has 4 rings (SSSR count). The number of carbonyl (C=O) groups is 1. The van der Waals surface area contributed by atoms with Crippen molar-refractivity contribution in [3.05, 3.63) is 11.7 Å². The molecule has 3 fully saturated rings. The van der Waals surface area contributed by atoms with E-state index in [1.54, 1.807) is 0 Å². The average molecular weight is 305 g/mol. The van der Waals surface area contributed by atoms with Crippen molar-refractivity contribution in [1.82, 2.24) is 15.5 Å². The van der Waals surface area contributed by atoms with Crippen LogP contribution in [0.4, 0.5) is 0 Å². The minimum absolute atomic E-state index is 0.0512. The van der Waals surface area contributed by atoms with E-state index in [1.165, 1.54) is 0 Å². The molecule has 0 saturated heterocycles. The summed E-state index contributed by atoms with van der Waals surface area (Å²) < 4.78 is 5.39. The van der Waals surface area contributed by atoms with E-state index in [9.17, 15) is 9.90 Å². The Labute approximate surface area is 129 Å². The van der Waals surface area contributed by atoms with Gasteiger partial charge in [0.2, 0.25) is 11.8 Å². The molecule has 0 radical (unpaired) electrons. The molecule has 3 aliphatic rings. The number of nitrogens with one attached hydrogen (secondary N) is 1. The summed E-state index contributed by atoms with van der Waals surface area (Å²) in [7, 11) is 0. The number of rotatable bonds is 4. The number of nitrogens with zero attached hydrogens (tertiary/aromatic N) is 2. The smallest absolute Gasteiger partial charge is 0.229 e. The lowest BCUT2D eigenvalue weighted by Gasteiger charge is -2.29. The van der Waals surface area contributed by atoms with Crippen LogP contribution in [0.2, 0.25) is 0 Å². The standard InChI is InChI=1S/C16H23N3O3/c20-12-5-3-4-11(12)13(21)18-16(8-1-2-9-16)15-17-14(22-19-15)10-6-7-10/h10-12,20H,1-9H2,(H,18,21). The third-order valence-electron chi connectivity index (χ3n) is 5.43. The highest BCUT2D eigenvalue weighted by atomic mass is 16.5. The molecule has 1 heterocycles. The zero-order valence-electron chi connectivity index (χ0n) is 12.8. The first kappa shape index (κ1) is 14.2. The highest BCUT2D eigenvalue weighted by Crippen LogP contribution is 2.42. The van der Waals surface area contributed by atoms with E-state index in [0.29, 0.717) is 11.7 Å². The highest BCUT2D eigenvalue weighted by molar-refractivity contribution is 5.80. The van der Waals surface area contributed by atoms with Crippen LogP contribution >= 0.6 is 0 Å². The third-order valence-corrected chi connectivity index (χ3v) is 5.43. The van der Waals surface area contributed by atoms with Gasteiger partial charge in [-0.2, -0.15) is 4.98 Å². The Hall–Kier alpha value is -1.43. The molecule has 1 aromatic rings. The van der Waals surface area contributed by atoms with Crippen LogP contribution in [0.3, 0.4) is 0 Å². The van der Waals surface area contributed by atoms with Gasteiger partial charge in [0.05, 0.1) is 12.0 Å². The minimum atomic E-state index is -0.509. The van der Waals surface area contributed by atoms with Gasteiger partial charge >= 0.3 is 0 Å². The maximum absolute atomic E-state index is 12.6. The quantitative estimate of drug-likeness (QED) is 0.888. The summed E-state index contributed by atoms with van der Waals surface area (Å²) in [5, 5.41) is 17.3. The van der Waals surface area contributed by atoms with Gasteiger partial charge < -0.3 is 14.9 Å². The molecule has 0 spiro atoms. The van der Waals surface area contributed by atoms with E-state index < -0.39 is 11.6 Å². The lowest BCUT2D eigenvalue weighted by Crippen LogP contribution is -2.48. The van der Waals surface area contributed by atoms with Crippen molar-refractivity contribution in [1.29, 1.82) is 0 Å². The van der Waals surface area contributed by atoms with Crippen LogP contribution in [0.25, 0.3) is 0 Å². The number of aliphatic hydroxyl groups is 1. The van der Waals surface area contributed by atoms with Crippen LogP contribution in [-0.4, -0.2) is 27.3 Å². The molecule has 1 amide bonds. The normalized spacial score (nSPS) is 30.6. The first-order chi connectivity index (χ1) is 10.7. The lowest BCUT2D eigenvalue weighted by atomic mass is 9.94. The second kappa shape index (κ2) is 5.33. The summed E-state index contributed by atoms with van der Waals surface area (Å²) >= 11 is 0. The minimum Gasteiger partial charge on any atom is -0.392 e. The second-order valence-corrected chi connectivity index (χ2v) is 7.11. The Morgan fingerprint density at radius 2 is 1.95 bits per heavy atom. The van der Waals surface area contributed by atoms with Gasteiger partial charge in [-0.25, -0.2) is 0 Å². The van der Waals surface area contributed by atoms with Crippen LogP contribution in [0.1, 0.15) is 75.4 Å². The maximum Gasteiger partial charge on any atom is 0.229 e. The van der Waals surface area contributed by atoms with Crippen LogP contribution in [0.5, 0.6) is 0 Å². The maximum atomic E-state index is 12.6. The van der Waals surface area contributed by atoms with Gasteiger partial charge in [0.25, 0.3) is 0 Å². The number of aromatic nitrogens is 2. The summed E-state index contributed by atoms with van der Waals surface area (Å²) in [4.78, 5) is 17.2. The van der Waals surface area contributed by atoms with Crippen LogP contribution in [-0.2, 0) is 10.3 Å². The van der Waals surface area contributed by atoms with Crippen molar-refractivity contribution in [3.63, 3.8) is 0 Å². The number of hydrogen-bond acceptors (Lipinski definition) is 5. The third kappa shape index (κ3) is 2.43. The van der Waals surface area contributed by atoms with Gasteiger partial charge in [0, 0.05) is 5.92 Å². The van der Waals surface area contributed by atoms with Crippen molar-refractivity contribution >= 4 is 5.91 Å². The molecule has 2 N–H and O–H groups in total. The number of hydrogen-bond donors (Lipinski definition) is 2. The van der Waals surface area contributed by atoms with Crippen LogP contribution < -0.4 is 5.32 Å². The number of carbonyl (C=O) groups excluding carboxylic acids is 1. The SMILES string of the molecule is O=C(NC1(c2noc(C3CC3)n2)CCCC1)C1CCCC1O. The Morgan fingerprint density at radius 1 is 1.18 bits per heavy atom. The summed E-state index contributed by atoms with van der Waals surface area (Å²) in [6, 6.07) is 0. The topological polar surface area (TPSA) is 88.3 Å². The van der Waals surface area contributed by atoms with E-state index in [2.05, 4.69) is 15.5 Å².